The highest BCUT2D eigenvalue weighted by molar-refractivity contribution is 7.89. The van der Waals surface area contributed by atoms with E-state index in [1.54, 1.807) is 6.92 Å². The van der Waals surface area contributed by atoms with Gasteiger partial charge in [0.15, 0.2) is 0 Å². The summed E-state index contributed by atoms with van der Waals surface area (Å²) in [6, 6.07) is 14.4. The number of carbonyl (C=O) groups is 2. The number of sulfonamides is 1. The van der Waals surface area contributed by atoms with Crippen LogP contribution in [0.2, 0.25) is 0 Å². The third-order valence-corrected chi connectivity index (χ3v) is 5.57. The van der Waals surface area contributed by atoms with Gasteiger partial charge >= 0.3 is 5.97 Å². The third kappa shape index (κ3) is 5.63. The van der Waals surface area contributed by atoms with Crippen molar-refractivity contribution in [2.24, 2.45) is 0 Å². The van der Waals surface area contributed by atoms with Gasteiger partial charge in [-0.05, 0) is 30.7 Å². The van der Waals surface area contributed by atoms with Crippen LogP contribution in [0.3, 0.4) is 0 Å². The average molecular weight is 390 g/mol. The van der Waals surface area contributed by atoms with Crippen LogP contribution in [0, 0.1) is 0 Å². The molecule has 0 saturated carbocycles. The van der Waals surface area contributed by atoms with E-state index in [1.165, 1.54) is 36.2 Å². The lowest BCUT2D eigenvalue weighted by atomic mass is 10.1. The molecule has 27 heavy (non-hydrogen) atoms. The Kier molecular flexibility index (Phi) is 6.70. The molecule has 0 fully saturated rings. The van der Waals surface area contributed by atoms with Crippen molar-refractivity contribution in [1.29, 1.82) is 0 Å². The van der Waals surface area contributed by atoms with Gasteiger partial charge in [0.05, 0.1) is 11.3 Å². The van der Waals surface area contributed by atoms with Gasteiger partial charge in [0.2, 0.25) is 10.0 Å². The van der Waals surface area contributed by atoms with Gasteiger partial charge < -0.3 is 10.0 Å². The number of nitrogens with zero attached hydrogens (tertiary/aromatic N) is 1. The number of carboxylic acid groups (broad SMARTS) is 1. The normalized spacial score (nSPS) is 12.4. The van der Waals surface area contributed by atoms with Gasteiger partial charge in [-0.2, -0.15) is 0 Å². The average Bonchev–Trinajstić information content (AvgIpc) is 2.66. The van der Waals surface area contributed by atoms with E-state index < -0.39 is 27.9 Å². The van der Waals surface area contributed by atoms with Crippen molar-refractivity contribution in [2.75, 3.05) is 13.6 Å². The first kappa shape index (κ1) is 20.6. The smallest absolute Gasteiger partial charge is 0.305 e. The van der Waals surface area contributed by atoms with Crippen LogP contribution in [0.15, 0.2) is 59.5 Å². The molecule has 0 radical (unpaired) electrons. The van der Waals surface area contributed by atoms with Crippen LogP contribution in [0.1, 0.15) is 35.3 Å². The molecule has 1 unspecified atom stereocenters. The maximum absolute atomic E-state index is 12.7. The predicted octanol–water partition coefficient (Wildman–Crippen LogP) is 2.27. The van der Waals surface area contributed by atoms with Crippen molar-refractivity contribution in [3.05, 3.63) is 65.7 Å². The number of hydrogen-bond donors (Lipinski definition) is 2. The second-order valence-electron chi connectivity index (χ2n) is 6.15. The molecule has 1 amide bonds. The summed E-state index contributed by atoms with van der Waals surface area (Å²) >= 11 is 0. The Morgan fingerprint density at radius 1 is 1.11 bits per heavy atom. The monoisotopic (exact) mass is 390 g/mol. The van der Waals surface area contributed by atoms with Crippen LogP contribution >= 0.6 is 0 Å². The molecule has 2 rings (SSSR count). The lowest BCUT2D eigenvalue weighted by Gasteiger charge is -2.17. The predicted molar refractivity (Wildman–Crippen MR) is 101 cm³/mol. The van der Waals surface area contributed by atoms with Crippen molar-refractivity contribution in [2.45, 2.75) is 24.3 Å². The van der Waals surface area contributed by atoms with Gasteiger partial charge in [-0.3, -0.25) is 9.59 Å². The highest BCUT2D eigenvalue weighted by Crippen LogP contribution is 2.18. The summed E-state index contributed by atoms with van der Waals surface area (Å²) in [6.45, 7) is 1.77. The fourth-order valence-corrected chi connectivity index (χ4v) is 3.77. The molecule has 0 aliphatic heterocycles. The van der Waals surface area contributed by atoms with Crippen LogP contribution in [-0.4, -0.2) is 43.9 Å². The van der Waals surface area contributed by atoms with Crippen LogP contribution in [0.4, 0.5) is 0 Å². The Morgan fingerprint density at radius 3 is 2.41 bits per heavy atom. The van der Waals surface area contributed by atoms with E-state index in [0.717, 1.165) is 5.56 Å². The van der Waals surface area contributed by atoms with Crippen LogP contribution in [0.25, 0.3) is 0 Å². The third-order valence-electron chi connectivity index (χ3n) is 4.03. The second-order valence-corrected chi connectivity index (χ2v) is 7.87. The van der Waals surface area contributed by atoms with Crippen molar-refractivity contribution < 1.29 is 23.1 Å². The minimum absolute atomic E-state index is 0.0252. The molecular formula is C19H22N2O5S. The molecule has 2 aromatic carbocycles. The van der Waals surface area contributed by atoms with E-state index in [4.69, 9.17) is 5.11 Å². The molecule has 2 N–H and O–H groups in total. The standard InChI is InChI=1S/C19H22N2O5S/c1-14(15-7-4-3-5-8-15)20-27(25,26)17-10-6-9-16(13-17)19(24)21(2)12-11-18(22)23/h3-10,13-14,20H,11-12H2,1-2H3,(H,22,23). The number of aliphatic carboxylic acids is 1. The molecule has 0 bridgehead atoms. The molecule has 0 heterocycles. The quantitative estimate of drug-likeness (QED) is 0.720. The Labute approximate surface area is 158 Å². The first-order valence-electron chi connectivity index (χ1n) is 8.35. The number of hydrogen-bond acceptors (Lipinski definition) is 4. The maximum Gasteiger partial charge on any atom is 0.305 e. The zero-order chi connectivity index (χ0) is 20.0. The van der Waals surface area contributed by atoms with Gasteiger partial charge in [0, 0.05) is 25.2 Å². The molecule has 7 nitrogen and oxygen atoms in total. The zero-order valence-corrected chi connectivity index (χ0v) is 15.9. The summed E-state index contributed by atoms with van der Waals surface area (Å²) in [5.74, 6) is -1.45. The number of amides is 1. The Bertz CT molecular complexity index is 913. The summed E-state index contributed by atoms with van der Waals surface area (Å²) in [7, 11) is -2.36. The summed E-state index contributed by atoms with van der Waals surface area (Å²) in [5, 5.41) is 8.72. The first-order chi connectivity index (χ1) is 12.7. The maximum atomic E-state index is 12.7. The molecule has 1 atom stereocenters. The van der Waals surface area contributed by atoms with Crippen molar-refractivity contribution in [3.8, 4) is 0 Å². The van der Waals surface area contributed by atoms with Crippen molar-refractivity contribution >= 4 is 21.9 Å². The van der Waals surface area contributed by atoms with Crippen LogP contribution in [0.5, 0.6) is 0 Å². The molecule has 0 aromatic heterocycles. The fourth-order valence-electron chi connectivity index (χ4n) is 2.49. The van der Waals surface area contributed by atoms with E-state index in [9.17, 15) is 18.0 Å². The molecule has 0 aliphatic carbocycles. The molecule has 0 saturated heterocycles. The molecule has 0 spiro atoms. The lowest BCUT2D eigenvalue weighted by Crippen LogP contribution is -2.30. The number of benzene rings is 2. The van der Waals surface area contributed by atoms with Gasteiger partial charge in [-0.15, -0.1) is 0 Å². The highest BCUT2D eigenvalue weighted by Gasteiger charge is 2.21. The van der Waals surface area contributed by atoms with Gasteiger partial charge in [0.25, 0.3) is 5.91 Å². The Morgan fingerprint density at radius 2 is 1.78 bits per heavy atom. The van der Waals surface area contributed by atoms with E-state index in [1.807, 2.05) is 30.3 Å². The number of nitrogens with one attached hydrogen (secondary N) is 1. The minimum Gasteiger partial charge on any atom is -0.481 e. The number of rotatable bonds is 8. The summed E-state index contributed by atoms with van der Waals surface area (Å²) in [5.41, 5.74) is 1.000. The van der Waals surface area contributed by atoms with Crippen molar-refractivity contribution in [3.63, 3.8) is 0 Å². The van der Waals surface area contributed by atoms with E-state index >= 15 is 0 Å². The summed E-state index contributed by atoms with van der Waals surface area (Å²) in [6.07, 6.45) is -0.184. The molecule has 2 aromatic rings. The molecule has 8 heteroatoms. The Balaban J connectivity index is 2.17. The summed E-state index contributed by atoms with van der Waals surface area (Å²) in [4.78, 5) is 24.3. The molecule has 0 aliphatic rings. The largest absolute Gasteiger partial charge is 0.481 e. The molecular weight excluding hydrogens is 368 g/mol. The highest BCUT2D eigenvalue weighted by atomic mass is 32.2. The fraction of sp³-hybridized carbons (Fsp3) is 0.263. The van der Waals surface area contributed by atoms with E-state index in [0.29, 0.717) is 0 Å². The zero-order valence-electron chi connectivity index (χ0n) is 15.1. The minimum atomic E-state index is -3.83. The van der Waals surface area contributed by atoms with Gasteiger partial charge in [0.1, 0.15) is 0 Å². The van der Waals surface area contributed by atoms with Gasteiger partial charge in [-0.25, -0.2) is 13.1 Å². The first-order valence-corrected chi connectivity index (χ1v) is 9.83. The second kappa shape index (κ2) is 8.79. The SMILES string of the molecule is CC(NS(=O)(=O)c1cccc(C(=O)N(C)CCC(=O)O)c1)c1ccccc1. The number of carboxylic acids is 1. The Hall–Kier alpha value is -2.71. The lowest BCUT2D eigenvalue weighted by molar-refractivity contribution is -0.137. The topological polar surface area (TPSA) is 104 Å². The molecule has 144 valence electrons. The van der Waals surface area contributed by atoms with E-state index in [-0.39, 0.29) is 23.4 Å². The van der Waals surface area contributed by atoms with Crippen LogP contribution in [-0.2, 0) is 14.8 Å². The van der Waals surface area contributed by atoms with Crippen LogP contribution < -0.4 is 4.72 Å². The van der Waals surface area contributed by atoms with Gasteiger partial charge in [-0.1, -0.05) is 36.4 Å². The van der Waals surface area contributed by atoms with E-state index in [2.05, 4.69) is 4.72 Å². The number of carbonyl (C=O) groups excluding carboxylic acids is 1. The van der Waals surface area contributed by atoms with Crippen molar-refractivity contribution in [1.82, 2.24) is 9.62 Å². The summed E-state index contributed by atoms with van der Waals surface area (Å²) < 4.78 is 27.9.